The largest absolute Gasteiger partial charge is 0.368 e. The number of hydrogen-bond acceptors (Lipinski definition) is 7. The zero-order valence-electron chi connectivity index (χ0n) is 11.0. The molecule has 8 heteroatoms. The van der Waals surface area contributed by atoms with Crippen molar-refractivity contribution in [3.05, 3.63) is 24.9 Å². The molecule has 0 aliphatic carbocycles. The Morgan fingerprint density at radius 3 is 2.95 bits per heavy atom. The first-order valence-electron chi connectivity index (χ1n) is 6.34. The predicted molar refractivity (Wildman–Crippen MR) is 75.8 cm³/mol. The fourth-order valence-electron chi connectivity index (χ4n) is 1.75. The second-order valence-electron chi connectivity index (χ2n) is 4.15. The van der Waals surface area contributed by atoms with Gasteiger partial charge < -0.3 is 15.6 Å². The molecule has 20 heavy (non-hydrogen) atoms. The SMILES string of the molecule is CCCNc1ncnc2nc(Nc3cnccn3)[nH]c12. The van der Waals surface area contributed by atoms with Crippen LogP contribution in [0.25, 0.3) is 11.2 Å². The first-order chi connectivity index (χ1) is 9.86. The van der Waals surface area contributed by atoms with Gasteiger partial charge >= 0.3 is 0 Å². The van der Waals surface area contributed by atoms with Gasteiger partial charge in [-0.3, -0.25) is 4.98 Å². The highest BCUT2D eigenvalue weighted by molar-refractivity contribution is 5.84. The summed E-state index contributed by atoms with van der Waals surface area (Å²) in [4.78, 5) is 24.0. The zero-order valence-corrected chi connectivity index (χ0v) is 11.0. The van der Waals surface area contributed by atoms with E-state index in [-0.39, 0.29) is 0 Å². The van der Waals surface area contributed by atoms with Gasteiger partial charge in [0, 0.05) is 18.9 Å². The molecule has 0 fully saturated rings. The van der Waals surface area contributed by atoms with Gasteiger partial charge in [0.05, 0.1) is 6.20 Å². The minimum absolute atomic E-state index is 0.556. The van der Waals surface area contributed by atoms with Crippen LogP contribution in [0.1, 0.15) is 13.3 Å². The first kappa shape index (κ1) is 12.3. The molecule has 0 saturated carbocycles. The molecule has 0 aromatic carbocycles. The predicted octanol–water partition coefficient (Wildman–Crippen LogP) is 1.71. The van der Waals surface area contributed by atoms with Crippen LogP contribution in [0.2, 0.25) is 0 Å². The molecule has 0 unspecified atom stereocenters. The van der Waals surface area contributed by atoms with Crippen LogP contribution in [-0.2, 0) is 0 Å². The lowest BCUT2D eigenvalue weighted by atomic mass is 10.4. The highest BCUT2D eigenvalue weighted by Gasteiger charge is 2.09. The summed E-state index contributed by atoms with van der Waals surface area (Å²) in [5.41, 5.74) is 1.37. The van der Waals surface area contributed by atoms with Gasteiger partial charge in [-0.1, -0.05) is 6.92 Å². The summed E-state index contributed by atoms with van der Waals surface area (Å²) in [6.07, 6.45) is 7.35. The van der Waals surface area contributed by atoms with E-state index in [0.717, 1.165) is 24.3 Å². The maximum Gasteiger partial charge on any atom is 0.208 e. The number of anilines is 3. The summed E-state index contributed by atoms with van der Waals surface area (Å²) in [6.45, 7) is 2.94. The number of aromatic nitrogens is 6. The third-order valence-corrected chi connectivity index (χ3v) is 2.64. The minimum atomic E-state index is 0.556. The van der Waals surface area contributed by atoms with Crippen molar-refractivity contribution in [1.82, 2.24) is 29.9 Å². The van der Waals surface area contributed by atoms with Crippen LogP contribution in [0.4, 0.5) is 17.6 Å². The summed E-state index contributed by atoms with van der Waals surface area (Å²) in [6, 6.07) is 0. The highest BCUT2D eigenvalue weighted by Crippen LogP contribution is 2.20. The van der Waals surface area contributed by atoms with E-state index in [1.54, 1.807) is 18.6 Å². The van der Waals surface area contributed by atoms with Crippen molar-refractivity contribution in [2.24, 2.45) is 0 Å². The molecule has 0 bridgehead atoms. The molecule has 0 spiro atoms. The van der Waals surface area contributed by atoms with Gasteiger partial charge in [0.25, 0.3) is 0 Å². The van der Waals surface area contributed by atoms with Gasteiger partial charge in [-0.25, -0.2) is 15.0 Å². The fourth-order valence-corrected chi connectivity index (χ4v) is 1.75. The van der Waals surface area contributed by atoms with E-state index in [2.05, 4.69) is 47.5 Å². The molecule has 0 aliphatic heterocycles. The van der Waals surface area contributed by atoms with Crippen molar-refractivity contribution < 1.29 is 0 Å². The van der Waals surface area contributed by atoms with Gasteiger partial charge in [0.1, 0.15) is 11.8 Å². The second-order valence-corrected chi connectivity index (χ2v) is 4.15. The Kier molecular flexibility index (Phi) is 3.36. The van der Waals surface area contributed by atoms with Crippen molar-refractivity contribution >= 4 is 28.7 Å². The Balaban J connectivity index is 1.90. The molecule has 3 aromatic heterocycles. The van der Waals surface area contributed by atoms with Crippen LogP contribution in [0.3, 0.4) is 0 Å². The van der Waals surface area contributed by atoms with Gasteiger partial charge in [0.2, 0.25) is 5.95 Å². The number of H-pyrrole nitrogens is 1. The van der Waals surface area contributed by atoms with Gasteiger partial charge in [0.15, 0.2) is 17.3 Å². The number of nitrogens with one attached hydrogen (secondary N) is 3. The van der Waals surface area contributed by atoms with E-state index in [9.17, 15) is 0 Å². The maximum absolute atomic E-state index is 4.35. The molecule has 3 aromatic rings. The molecular weight excluding hydrogens is 256 g/mol. The molecule has 3 N–H and O–H groups in total. The molecular formula is C12H14N8. The van der Waals surface area contributed by atoms with E-state index in [1.807, 2.05) is 0 Å². The molecule has 0 amide bonds. The number of fused-ring (bicyclic) bond motifs is 1. The minimum Gasteiger partial charge on any atom is -0.368 e. The van der Waals surface area contributed by atoms with Crippen LogP contribution in [0.5, 0.6) is 0 Å². The van der Waals surface area contributed by atoms with E-state index >= 15 is 0 Å². The maximum atomic E-state index is 4.35. The molecule has 0 atom stereocenters. The standard InChI is InChI=1S/C12H14N8/c1-2-3-15-10-9-11(17-7-16-10)20-12(19-9)18-8-6-13-4-5-14-8/h4-7H,2-3H2,1H3,(H3,14,15,16,17,18,19,20). The highest BCUT2D eigenvalue weighted by atomic mass is 15.2. The van der Waals surface area contributed by atoms with Crippen LogP contribution >= 0.6 is 0 Å². The Morgan fingerprint density at radius 2 is 2.15 bits per heavy atom. The van der Waals surface area contributed by atoms with Gasteiger partial charge in [-0.2, -0.15) is 4.98 Å². The Bertz CT molecular complexity index is 693. The number of nitrogens with zero attached hydrogens (tertiary/aromatic N) is 5. The lowest BCUT2D eigenvalue weighted by Gasteiger charge is -2.03. The molecule has 3 rings (SSSR count). The number of imidazole rings is 1. The summed E-state index contributed by atoms with van der Waals surface area (Å²) >= 11 is 0. The average molecular weight is 270 g/mol. The van der Waals surface area contributed by atoms with Crippen molar-refractivity contribution in [2.45, 2.75) is 13.3 Å². The number of aromatic amines is 1. The Labute approximate surface area is 115 Å². The first-order valence-corrected chi connectivity index (χ1v) is 6.34. The van der Waals surface area contributed by atoms with Crippen LogP contribution in [0, 0.1) is 0 Å². The summed E-state index contributed by atoms with van der Waals surface area (Å²) in [5.74, 6) is 1.92. The molecule has 0 radical (unpaired) electrons. The van der Waals surface area contributed by atoms with Crippen molar-refractivity contribution in [2.75, 3.05) is 17.2 Å². The van der Waals surface area contributed by atoms with Crippen LogP contribution in [-0.4, -0.2) is 36.4 Å². The van der Waals surface area contributed by atoms with E-state index in [0.29, 0.717) is 17.4 Å². The van der Waals surface area contributed by atoms with Crippen LogP contribution in [0.15, 0.2) is 24.9 Å². The molecule has 0 aliphatic rings. The smallest absolute Gasteiger partial charge is 0.208 e. The topological polar surface area (TPSA) is 104 Å². The summed E-state index contributed by atoms with van der Waals surface area (Å²) in [7, 11) is 0. The third kappa shape index (κ3) is 2.48. The summed E-state index contributed by atoms with van der Waals surface area (Å²) in [5, 5.41) is 6.28. The van der Waals surface area contributed by atoms with E-state index in [1.165, 1.54) is 6.33 Å². The van der Waals surface area contributed by atoms with Crippen molar-refractivity contribution in [3.63, 3.8) is 0 Å². The second kappa shape index (κ2) is 5.47. The lowest BCUT2D eigenvalue weighted by Crippen LogP contribution is -2.02. The zero-order chi connectivity index (χ0) is 13.8. The van der Waals surface area contributed by atoms with Crippen molar-refractivity contribution in [1.29, 1.82) is 0 Å². The third-order valence-electron chi connectivity index (χ3n) is 2.64. The Hall–Kier alpha value is -2.77. The monoisotopic (exact) mass is 270 g/mol. The molecule has 102 valence electrons. The van der Waals surface area contributed by atoms with E-state index < -0.39 is 0 Å². The molecule has 0 saturated heterocycles. The summed E-state index contributed by atoms with van der Waals surface area (Å²) < 4.78 is 0. The lowest BCUT2D eigenvalue weighted by molar-refractivity contribution is 0.968. The van der Waals surface area contributed by atoms with E-state index in [4.69, 9.17) is 0 Å². The molecule has 8 nitrogen and oxygen atoms in total. The average Bonchev–Trinajstić information content (AvgIpc) is 2.89. The van der Waals surface area contributed by atoms with Gasteiger partial charge in [-0.05, 0) is 6.42 Å². The van der Waals surface area contributed by atoms with Crippen LogP contribution < -0.4 is 10.6 Å². The normalized spacial score (nSPS) is 10.7. The van der Waals surface area contributed by atoms with Crippen molar-refractivity contribution in [3.8, 4) is 0 Å². The number of rotatable bonds is 5. The molecule has 3 heterocycles. The fraction of sp³-hybridized carbons (Fsp3) is 0.250. The quantitative estimate of drug-likeness (QED) is 0.648. The Morgan fingerprint density at radius 1 is 1.20 bits per heavy atom. The number of hydrogen-bond donors (Lipinski definition) is 3. The van der Waals surface area contributed by atoms with Gasteiger partial charge in [-0.15, -0.1) is 0 Å².